The molecule has 0 bridgehead atoms. The number of hydrogen-bond acceptors (Lipinski definition) is 5. The molecule has 0 saturated carbocycles. The lowest BCUT2D eigenvalue weighted by molar-refractivity contribution is -0.140. The molecule has 0 radical (unpaired) electrons. The summed E-state index contributed by atoms with van der Waals surface area (Å²) in [7, 11) is 0. The van der Waals surface area contributed by atoms with Crippen molar-refractivity contribution in [2.75, 3.05) is 13.2 Å². The monoisotopic (exact) mass is 452 g/mol. The molecule has 1 aliphatic heterocycles. The number of amides is 2. The Kier molecular flexibility index (Phi) is 6.42. The molecule has 7 nitrogen and oxygen atoms in total. The number of imide groups is 1. The van der Waals surface area contributed by atoms with Gasteiger partial charge >= 0.3 is 0 Å². The van der Waals surface area contributed by atoms with E-state index in [2.05, 4.69) is 0 Å². The van der Waals surface area contributed by atoms with Gasteiger partial charge in [0.1, 0.15) is 17.4 Å². The van der Waals surface area contributed by atoms with Gasteiger partial charge in [-0.05, 0) is 68.8 Å². The molecule has 0 fully saturated rings. The third-order valence-electron chi connectivity index (χ3n) is 5.64. The first kappa shape index (κ1) is 22.7. The van der Waals surface area contributed by atoms with Crippen molar-refractivity contribution in [1.29, 1.82) is 5.26 Å². The number of nitrogens with zero attached hydrogens (tertiary/aromatic N) is 4. The molecule has 0 spiro atoms. The van der Waals surface area contributed by atoms with Crippen molar-refractivity contribution in [3.8, 4) is 28.8 Å². The molecular formula is C27H24N4O3. The third-order valence-corrected chi connectivity index (χ3v) is 5.64. The number of para-hydroxylation sites is 1. The normalized spacial score (nSPS) is 15.1. The van der Waals surface area contributed by atoms with Crippen LogP contribution in [0.25, 0.3) is 23.0 Å². The smallest absolute Gasteiger partial charge is 0.271 e. The average Bonchev–Trinajstić information content (AvgIpc) is 3.28. The Morgan fingerprint density at radius 3 is 2.35 bits per heavy atom. The summed E-state index contributed by atoms with van der Waals surface area (Å²) in [5.41, 5.74) is 3.72. The summed E-state index contributed by atoms with van der Waals surface area (Å²) < 4.78 is 7.30. The highest BCUT2D eigenvalue weighted by molar-refractivity contribution is 6.19. The van der Waals surface area contributed by atoms with Crippen molar-refractivity contribution in [3.05, 3.63) is 83.1 Å². The number of likely N-dealkylation sites (N-methyl/N-ethyl adjacent to an activating group) is 1. The fraction of sp³-hybridized carbons (Fsp3) is 0.185. The molecule has 1 aromatic heterocycles. The molecule has 7 heteroatoms. The van der Waals surface area contributed by atoms with Crippen molar-refractivity contribution in [2.24, 2.45) is 0 Å². The van der Waals surface area contributed by atoms with Gasteiger partial charge in [0.2, 0.25) is 0 Å². The lowest BCUT2D eigenvalue weighted by Gasteiger charge is -2.26. The highest BCUT2D eigenvalue weighted by Gasteiger charge is 2.34. The SMILES string of the molecule is CCOc1ccc(-c2nn(-c3ccccc3)cc2/C=C2/C(=O)N(CC)C(=O)C(C#N)=C2C)cc1. The van der Waals surface area contributed by atoms with Gasteiger partial charge in [-0.15, -0.1) is 0 Å². The van der Waals surface area contributed by atoms with E-state index in [1.807, 2.05) is 73.8 Å². The first-order valence-corrected chi connectivity index (χ1v) is 11.1. The van der Waals surface area contributed by atoms with E-state index in [1.54, 1.807) is 24.6 Å². The van der Waals surface area contributed by atoms with Crippen LogP contribution >= 0.6 is 0 Å². The van der Waals surface area contributed by atoms with E-state index in [-0.39, 0.29) is 12.1 Å². The molecule has 0 aliphatic carbocycles. The topological polar surface area (TPSA) is 88.2 Å². The zero-order valence-electron chi connectivity index (χ0n) is 19.3. The van der Waals surface area contributed by atoms with Crippen LogP contribution in [0.5, 0.6) is 5.75 Å². The number of aromatic nitrogens is 2. The number of carbonyl (C=O) groups excluding carboxylic acids is 2. The van der Waals surface area contributed by atoms with Crippen LogP contribution in [0.4, 0.5) is 0 Å². The fourth-order valence-corrected chi connectivity index (χ4v) is 3.88. The molecule has 0 unspecified atom stereocenters. The molecule has 2 aromatic carbocycles. The maximum absolute atomic E-state index is 13.1. The molecule has 2 heterocycles. The fourth-order valence-electron chi connectivity index (χ4n) is 3.88. The molecule has 0 saturated heterocycles. The molecule has 170 valence electrons. The highest BCUT2D eigenvalue weighted by atomic mass is 16.5. The van der Waals surface area contributed by atoms with Crippen molar-refractivity contribution in [2.45, 2.75) is 20.8 Å². The maximum Gasteiger partial charge on any atom is 0.271 e. The van der Waals surface area contributed by atoms with E-state index in [0.29, 0.717) is 29.0 Å². The zero-order valence-corrected chi connectivity index (χ0v) is 19.3. The Labute approximate surface area is 198 Å². The number of benzene rings is 2. The van der Waals surface area contributed by atoms with E-state index in [4.69, 9.17) is 9.84 Å². The standard InChI is InChI=1S/C27H24N4O3/c1-4-30-26(32)23(18(3)24(16-28)27(30)33)15-20-17-31(21-9-7-6-8-10-21)29-25(20)19-11-13-22(14-12-19)34-5-2/h6-15,17H,4-5H2,1-3H3/b23-15+. The van der Waals surface area contributed by atoms with Gasteiger partial charge in [0.05, 0.1) is 18.0 Å². The predicted octanol–water partition coefficient (Wildman–Crippen LogP) is 4.55. The summed E-state index contributed by atoms with van der Waals surface area (Å²) in [6.45, 7) is 6.02. The van der Waals surface area contributed by atoms with Crippen LogP contribution in [0.3, 0.4) is 0 Å². The van der Waals surface area contributed by atoms with E-state index in [1.165, 1.54) is 0 Å². The minimum atomic E-state index is -0.559. The van der Waals surface area contributed by atoms with Gasteiger partial charge in [-0.2, -0.15) is 10.4 Å². The predicted molar refractivity (Wildman–Crippen MR) is 129 cm³/mol. The molecule has 1 aliphatic rings. The number of hydrogen-bond donors (Lipinski definition) is 0. The van der Waals surface area contributed by atoms with Gasteiger partial charge < -0.3 is 4.74 Å². The minimum absolute atomic E-state index is 0.0224. The van der Waals surface area contributed by atoms with Gasteiger partial charge in [-0.3, -0.25) is 14.5 Å². The molecular weight excluding hydrogens is 428 g/mol. The van der Waals surface area contributed by atoms with Crippen LogP contribution in [0.15, 0.2) is 77.5 Å². The van der Waals surface area contributed by atoms with E-state index in [9.17, 15) is 14.9 Å². The van der Waals surface area contributed by atoms with Gasteiger partial charge in [-0.25, -0.2) is 4.68 Å². The number of nitriles is 1. The minimum Gasteiger partial charge on any atom is -0.494 e. The van der Waals surface area contributed by atoms with Gasteiger partial charge in [0, 0.05) is 29.4 Å². The van der Waals surface area contributed by atoms with Gasteiger partial charge in [0.25, 0.3) is 11.8 Å². The van der Waals surface area contributed by atoms with Gasteiger partial charge in [0.15, 0.2) is 0 Å². The Hall–Kier alpha value is -4.44. The van der Waals surface area contributed by atoms with E-state index >= 15 is 0 Å². The second-order valence-corrected chi connectivity index (χ2v) is 7.69. The zero-order chi connectivity index (χ0) is 24.2. The quantitative estimate of drug-likeness (QED) is 0.404. The number of ether oxygens (including phenoxy) is 1. The maximum atomic E-state index is 13.1. The molecule has 3 aromatic rings. The number of rotatable bonds is 6. The summed E-state index contributed by atoms with van der Waals surface area (Å²) in [5.74, 6) is -0.226. The molecule has 2 amide bonds. The first-order valence-electron chi connectivity index (χ1n) is 11.1. The van der Waals surface area contributed by atoms with Crippen molar-refractivity contribution < 1.29 is 14.3 Å². The van der Waals surface area contributed by atoms with Crippen LogP contribution in [-0.2, 0) is 9.59 Å². The highest BCUT2D eigenvalue weighted by Crippen LogP contribution is 2.31. The lowest BCUT2D eigenvalue weighted by atomic mass is 9.93. The van der Waals surface area contributed by atoms with Crippen molar-refractivity contribution in [3.63, 3.8) is 0 Å². The summed E-state index contributed by atoms with van der Waals surface area (Å²) in [6, 6.07) is 19.2. The lowest BCUT2D eigenvalue weighted by Crippen LogP contribution is -2.42. The molecule has 4 rings (SSSR count). The summed E-state index contributed by atoms with van der Waals surface area (Å²) in [6.07, 6.45) is 3.55. The molecule has 34 heavy (non-hydrogen) atoms. The van der Waals surface area contributed by atoms with Crippen LogP contribution in [0.1, 0.15) is 26.3 Å². The Morgan fingerprint density at radius 2 is 1.74 bits per heavy atom. The second kappa shape index (κ2) is 9.59. The van der Waals surface area contributed by atoms with Crippen LogP contribution < -0.4 is 4.74 Å². The Bertz CT molecular complexity index is 1340. The van der Waals surface area contributed by atoms with Crippen molar-refractivity contribution >= 4 is 17.9 Å². The Balaban J connectivity index is 1.89. The van der Waals surface area contributed by atoms with Crippen LogP contribution in [0, 0.1) is 11.3 Å². The van der Waals surface area contributed by atoms with E-state index in [0.717, 1.165) is 21.9 Å². The van der Waals surface area contributed by atoms with Gasteiger partial charge in [-0.1, -0.05) is 18.2 Å². The molecule has 0 atom stereocenters. The second-order valence-electron chi connectivity index (χ2n) is 7.69. The van der Waals surface area contributed by atoms with Crippen molar-refractivity contribution in [1.82, 2.24) is 14.7 Å². The summed E-state index contributed by atoms with van der Waals surface area (Å²) >= 11 is 0. The molecule has 0 N–H and O–H groups in total. The average molecular weight is 453 g/mol. The first-order chi connectivity index (χ1) is 16.5. The number of carbonyl (C=O) groups is 2. The summed E-state index contributed by atoms with van der Waals surface area (Å²) in [4.78, 5) is 26.8. The summed E-state index contributed by atoms with van der Waals surface area (Å²) in [5, 5.41) is 14.3. The Morgan fingerprint density at radius 1 is 1.03 bits per heavy atom. The van der Waals surface area contributed by atoms with Crippen LogP contribution in [-0.4, -0.2) is 39.6 Å². The van der Waals surface area contributed by atoms with E-state index < -0.39 is 11.8 Å². The van der Waals surface area contributed by atoms with Crippen LogP contribution in [0.2, 0.25) is 0 Å². The largest absolute Gasteiger partial charge is 0.494 e. The third kappa shape index (κ3) is 4.14.